The van der Waals surface area contributed by atoms with Crippen LogP contribution < -0.4 is 5.06 Å². The van der Waals surface area contributed by atoms with Crippen LogP contribution in [0.3, 0.4) is 0 Å². The van der Waals surface area contributed by atoms with E-state index in [2.05, 4.69) is 9.02 Å². The Labute approximate surface area is 99.3 Å². The molecule has 0 aromatic heterocycles. The van der Waals surface area contributed by atoms with E-state index in [1.807, 2.05) is 0 Å². The van der Waals surface area contributed by atoms with Gasteiger partial charge in [0.25, 0.3) is 11.0 Å². The van der Waals surface area contributed by atoms with Crippen molar-refractivity contribution in [3.63, 3.8) is 0 Å². The first kappa shape index (κ1) is 13.3. The maximum atomic E-state index is 11.3. The first-order chi connectivity index (χ1) is 7.95. The van der Waals surface area contributed by atoms with Crippen molar-refractivity contribution in [3.8, 4) is 5.75 Å². The molecule has 0 spiro atoms. The van der Waals surface area contributed by atoms with Gasteiger partial charge in [-0.1, -0.05) is 0 Å². The van der Waals surface area contributed by atoms with E-state index in [1.165, 1.54) is 32.4 Å². The van der Waals surface area contributed by atoms with Crippen molar-refractivity contribution >= 4 is 22.6 Å². The topological polar surface area (TPSA) is 93.1 Å². The molecule has 1 N–H and O–H groups in total. The molecule has 0 radical (unpaired) electrons. The normalized spacial score (nSPS) is 10.3. The van der Waals surface area contributed by atoms with Crippen LogP contribution in [0.4, 0.5) is 5.69 Å². The number of carbonyl (C=O) groups excluding carboxylic acids is 1. The van der Waals surface area contributed by atoms with Gasteiger partial charge in [0.15, 0.2) is 0 Å². The highest BCUT2D eigenvalue weighted by Crippen LogP contribution is 2.24. The molecule has 1 rings (SSSR count). The molecule has 17 heavy (non-hydrogen) atoms. The van der Waals surface area contributed by atoms with Crippen molar-refractivity contribution in [1.82, 2.24) is 0 Å². The molecular formula is C9H11NO6S. The van der Waals surface area contributed by atoms with Gasteiger partial charge in [-0.05, 0) is 18.2 Å². The second-order valence-electron chi connectivity index (χ2n) is 3.00. The average molecular weight is 261 g/mol. The zero-order valence-electron chi connectivity index (χ0n) is 9.11. The van der Waals surface area contributed by atoms with E-state index in [4.69, 9.17) is 0 Å². The molecule has 0 unspecified atom stereocenters. The summed E-state index contributed by atoms with van der Waals surface area (Å²) in [5, 5.41) is 10.4. The molecule has 0 saturated carbocycles. The van der Waals surface area contributed by atoms with E-state index in [-0.39, 0.29) is 17.0 Å². The van der Waals surface area contributed by atoms with Gasteiger partial charge in [0.1, 0.15) is 11.3 Å². The highest BCUT2D eigenvalue weighted by Gasteiger charge is 2.14. The highest BCUT2D eigenvalue weighted by molar-refractivity contribution is 7.67. The quantitative estimate of drug-likeness (QED) is 0.450. The van der Waals surface area contributed by atoms with E-state index in [1.54, 1.807) is 0 Å². The lowest BCUT2D eigenvalue weighted by Crippen LogP contribution is -2.17. The summed E-state index contributed by atoms with van der Waals surface area (Å²) in [5.74, 6) is -0.996. The zero-order chi connectivity index (χ0) is 13.0. The third kappa shape index (κ3) is 3.33. The van der Waals surface area contributed by atoms with Crippen molar-refractivity contribution in [2.24, 2.45) is 0 Å². The molecule has 1 aromatic rings. The fraction of sp³-hybridized carbons (Fsp3) is 0.222. The second kappa shape index (κ2) is 5.51. The number of nitrogens with zero attached hydrogens (tertiary/aromatic N) is 1. The molecular weight excluding hydrogens is 250 g/mol. The van der Waals surface area contributed by atoms with Crippen LogP contribution in [0.15, 0.2) is 18.2 Å². The van der Waals surface area contributed by atoms with E-state index in [9.17, 15) is 18.3 Å². The van der Waals surface area contributed by atoms with E-state index in [0.29, 0.717) is 0 Å². The van der Waals surface area contributed by atoms with Gasteiger partial charge in [0, 0.05) is 7.05 Å². The maximum absolute atomic E-state index is 11.3. The number of hydrogen-bond acceptors (Lipinski definition) is 7. The second-order valence-corrected chi connectivity index (χ2v) is 3.61. The number of rotatable bonds is 4. The lowest BCUT2D eigenvalue weighted by molar-refractivity contribution is 0.0597. The summed E-state index contributed by atoms with van der Waals surface area (Å²) >= 11 is 0. The largest absolute Gasteiger partial charge is 0.507 e. The number of ether oxygens (including phenoxy) is 1. The summed E-state index contributed by atoms with van der Waals surface area (Å²) in [7, 11) is -0.537. The summed E-state index contributed by atoms with van der Waals surface area (Å²) in [6.07, 6.45) is 0. The fourth-order valence-electron chi connectivity index (χ4n) is 1.14. The molecule has 0 aliphatic rings. The number of phenolic OH excluding ortho intramolecular Hbond substituents is 1. The Morgan fingerprint density at radius 2 is 2.06 bits per heavy atom. The molecule has 1 aromatic carbocycles. The molecule has 94 valence electrons. The van der Waals surface area contributed by atoms with Crippen molar-refractivity contribution in [2.75, 3.05) is 19.2 Å². The lowest BCUT2D eigenvalue weighted by atomic mass is 10.2. The SMILES string of the molecule is COC(=O)c1cc(N(C)O[SH](=O)=O)ccc1O. The summed E-state index contributed by atoms with van der Waals surface area (Å²) in [6.45, 7) is 0. The minimum atomic E-state index is -3.05. The Morgan fingerprint density at radius 3 is 2.59 bits per heavy atom. The van der Waals surface area contributed by atoms with Crippen LogP contribution in [-0.4, -0.2) is 33.7 Å². The summed E-state index contributed by atoms with van der Waals surface area (Å²) in [6, 6.07) is 3.87. The Bertz CT molecular complexity index is 490. The van der Waals surface area contributed by atoms with Gasteiger partial charge in [-0.15, -0.1) is 0 Å². The van der Waals surface area contributed by atoms with E-state index >= 15 is 0 Å². The number of anilines is 1. The fourth-order valence-corrected chi connectivity index (χ4v) is 1.43. The minimum Gasteiger partial charge on any atom is -0.507 e. The van der Waals surface area contributed by atoms with Crippen LogP contribution in [0.1, 0.15) is 10.4 Å². The molecule has 0 fully saturated rings. The summed E-state index contributed by atoms with van der Waals surface area (Å²) in [5.41, 5.74) is 0.198. The predicted octanol–water partition coefficient (Wildman–Crippen LogP) is 0.0730. The average Bonchev–Trinajstić information content (AvgIpc) is 2.27. The molecule has 0 amide bonds. The van der Waals surface area contributed by atoms with E-state index < -0.39 is 17.0 Å². The van der Waals surface area contributed by atoms with E-state index in [0.717, 1.165) is 5.06 Å². The molecule has 0 saturated heterocycles. The summed E-state index contributed by atoms with van der Waals surface area (Å²) < 4.78 is 29.6. The predicted molar refractivity (Wildman–Crippen MR) is 59.2 cm³/mol. The van der Waals surface area contributed by atoms with Crippen molar-refractivity contribution in [3.05, 3.63) is 23.8 Å². The van der Waals surface area contributed by atoms with Crippen LogP contribution >= 0.6 is 0 Å². The Hall–Kier alpha value is -1.80. The molecule has 0 bridgehead atoms. The number of hydrogen-bond donors (Lipinski definition) is 2. The molecule has 0 atom stereocenters. The Balaban J connectivity index is 3.07. The van der Waals surface area contributed by atoms with Crippen molar-refractivity contribution in [1.29, 1.82) is 0 Å². The number of methoxy groups -OCH3 is 1. The highest BCUT2D eigenvalue weighted by atomic mass is 32.2. The lowest BCUT2D eigenvalue weighted by Gasteiger charge is -2.15. The smallest absolute Gasteiger partial charge is 0.341 e. The number of phenols is 1. The van der Waals surface area contributed by atoms with Crippen molar-refractivity contribution in [2.45, 2.75) is 0 Å². The van der Waals surface area contributed by atoms with Crippen molar-refractivity contribution < 1.29 is 27.3 Å². The van der Waals surface area contributed by atoms with Gasteiger partial charge in [-0.2, -0.15) is 4.28 Å². The van der Waals surface area contributed by atoms with Gasteiger partial charge in [0.2, 0.25) is 0 Å². The van der Waals surface area contributed by atoms with Crippen LogP contribution in [0.2, 0.25) is 0 Å². The van der Waals surface area contributed by atoms with Crippen LogP contribution in [-0.2, 0) is 20.0 Å². The third-order valence-corrected chi connectivity index (χ3v) is 2.32. The van der Waals surface area contributed by atoms with Crippen LogP contribution in [0.25, 0.3) is 0 Å². The Morgan fingerprint density at radius 1 is 1.41 bits per heavy atom. The number of carbonyl (C=O) groups is 1. The zero-order valence-corrected chi connectivity index (χ0v) is 10.0. The monoisotopic (exact) mass is 261 g/mol. The first-order valence-electron chi connectivity index (χ1n) is 4.43. The number of esters is 1. The number of aromatic hydroxyl groups is 1. The number of thiol groups is 1. The van der Waals surface area contributed by atoms with Gasteiger partial charge in [0.05, 0.1) is 12.8 Å². The standard InChI is InChI=1S/C9H11NO6S/c1-10(16-17(13)14)6-3-4-8(11)7(5-6)9(12)15-2/h3-5,11,17H,1-2H3. The minimum absolute atomic E-state index is 0.0819. The maximum Gasteiger partial charge on any atom is 0.341 e. The molecule has 0 heterocycles. The van der Waals surface area contributed by atoms with Crippen LogP contribution in [0, 0.1) is 0 Å². The molecule has 0 aliphatic carbocycles. The molecule has 0 aliphatic heterocycles. The van der Waals surface area contributed by atoms with Gasteiger partial charge >= 0.3 is 5.97 Å². The number of hydroxylamine groups is 1. The third-order valence-electron chi connectivity index (χ3n) is 1.94. The Kier molecular flexibility index (Phi) is 4.30. The summed E-state index contributed by atoms with van der Waals surface area (Å²) in [4.78, 5) is 11.3. The molecule has 7 nitrogen and oxygen atoms in total. The van der Waals surface area contributed by atoms with Gasteiger partial charge in [-0.3, -0.25) is 0 Å². The number of benzene rings is 1. The van der Waals surface area contributed by atoms with Gasteiger partial charge in [-0.25, -0.2) is 18.3 Å². The van der Waals surface area contributed by atoms with Crippen LogP contribution in [0.5, 0.6) is 5.75 Å². The van der Waals surface area contributed by atoms with Gasteiger partial charge < -0.3 is 9.84 Å². The first-order valence-corrected chi connectivity index (χ1v) is 5.52. The molecule has 8 heteroatoms.